The number of aromatic nitrogens is 2. The van der Waals surface area contributed by atoms with E-state index in [2.05, 4.69) is 45.6 Å². The first kappa shape index (κ1) is 20.9. The van der Waals surface area contributed by atoms with Crippen molar-refractivity contribution in [2.45, 2.75) is 31.6 Å². The average Bonchev–Trinajstić information content (AvgIpc) is 3.36. The molecule has 152 valence electrons. The molecule has 2 aliphatic heterocycles. The third kappa shape index (κ3) is 4.76. The average molecular weight is 403 g/mol. The number of amides is 1. The number of carbonyl (C=O) groups excluding carboxylic acids is 1. The third-order valence-corrected chi connectivity index (χ3v) is 6.29. The van der Waals surface area contributed by atoms with E-state index < -0.39 is 0 Å². The molecule has 1 aromatic carbocycles. The Morgan fingerprint density at radius 1 is 1.18 bits per heavy atom. The molecule has 0 aliphatic carbocycles. The Bertz CT molecular complexity index is 755. The fourth-order valence-corrected chi connectivity index (χ4v) is 4.61. The third-order valence-electron chi connectivity index (χ3n) is 6.29. The van der Waals surface area contributed by atoms with Crippen LogP contribution in [0.25, 0.3) is 0 Å². The van der Waals surface area contributed by atoms with Crippen molar-refractivity contribution in [2.24, 2.45) is 18.9 Å². The fraction of sp³-hybridized carbons (Fsp3) is 0.545. The topological polar surface area (TPSA) is 50.2 Å². The highest BCUT2D eigenvalue weighted by Crippen LogP contribution is 2.31. The molecule has 1 aromatic heterocycles. The van der Waals surface area contributed by atoms with E-state index >= 15 is 0 Å². The lowest BCUT2D eigenvalue weighted by Crippen LogP contribution is -2.43. The monoisotopic (exact) mass is 402 g/mol. The van der Waals surface area contributed by atoms with E-state index in [4.69, 9.17) is 0 Å². The summed E-state index contributed by atoms with van der Waals surface area (Å²) in [7, 11) is 1.93. The maximum Gasteiger partial charge on any atom is 0.227 e. The van der Waals surface area contributed by atoms with Crippen LogP contribution in [0.15, 0.2) is 42.7 Å². The number of hydrogen-bond donors (Lipinski definition) is 1. The Balaban J connectivity index is 0.00000225. The minimum atomic E-state index is 0. The zero-order valence-corrected chi connectivity index (χ0v) is 17.4. The summed E-state index contributed by atoms with van der Waals surface area (Å²) >= 11 is 0. The van der Waals surface area contributed by atoms with E-state index in [1.165, 1.54) is 17.5 Å². The molecule has 1 N–H and O–H groups in total. The number of nitrogens with one attached hydrogen (secondary N) is 1. The molecule has 0 radical (unpaired) electrons. The number of hydrogen-bond acceptors (Lipinski definition) is 3. The van der Waals surface area contributed by atoms with E-state index in [-0.39, 0.29) is 24.2 Å². The van der Waals surface area contributed by atoms with Gasteiger partial charge in [-0.3, -0.25) is 9.48 Å². The molecule has 6 heteroatoms. The Morgan fingerprint density at radius 2 is 1.93 bits per heavy atom. The molecule has 4 rings (SSSR count). The lowest BCUT2D eigenvalue weighted by Gasteiger charge is -2.34. The molecule has 2 fully saturated rings. The standard InChI is InChI=1S/C22H30N4O.ClH/c1-25-16-19(13-24-25)20-14-23-15-21(20)22(27)26-11-9-18(10-12-26)8-7-17-5-3-2-4-6-17;/h2-6,13,16,18,20-21,23H,7-12,14-15H2,1H3;1H/t20-,21+;/m1./s1. The smallest absolute Gasteiger partial charge is 0.227 e. The van der Waals surface area contributed by atoms with Crippen LogP contribution in [0.3, 0.4) is 0 Å². The second-order valence-electron chi connectivity index (χ2n) is 8.11. The first-order chi connectivity index (χ1) is 13.2. The summed E-state index contributed by atoms with van der Waals surface area (Å²) in [5.41, 5.74) is 2.60. The fourth-order valence-electron chi connectivity index (χ4n) is 4.61. The molecule has 1 amide bonds. The van der Waals surface area contributed by atoms with Gasteiger partial charge in [-0.05, 0) is 42.7 Å². The summed E-state index contributed by atoms with van der Waals surface area (Å²) in [5.74, 6) is 1.37. The second kappa shape index (κ2) is 9.57. The van der Waals surface area contributed by atoms with Crippen LogP contribution >= 0.6 is 12.4 Å². The van der Waals surface area contributed by atoms with Crippen LogP contribution in [0, 0.1) is 11.8 Å². The minimum absolute atomic E-state index is 0. The van der Waals surface area contributed by atoms with Crippen LogP contribution in [0.2, 0.25) is 0 Å². The molecule has 0 bridgehead atoms. The molecule has 0 spiro atoms. The van der Waals surface area contributed by atoms with E-state index in [0.717, 1.165) is 51.4 Å². The summed E-state index contributed by atoms with van der Waals surface area (Å²) in [4.78, 5) is 15.2. The quantitative estimate of drug-likeness (QED) is 0.836. The van der Waals surface area contributed by atoms with Gasteiger partial charge in [-0.1, -0.05) is 30.3 Å². The minimum Gasteiger partial charge on any atom is -0.342 e. The number of aryl methyl sites for hydroxylation is 2. The molecule has 2 atom stereocenters. The van der Waals surface area contributed by atoms with Gasteiger partial charge in [0.05, 0.1) is 12.1 Å². The molecular weight excluding hydrogens is 372 g/mol. The van der Waals surface area contributed by atoms with Crippen molar-refractivity contribution in [1.82, 2.24) is 20.0 Å². The SMILES string of the molecule is Cl.Cn1cc([C@H]2CNC[C@@H]2C(=O)N2CCC(CCc3ccccc3)CC2)cn1. The Hall–Kier alpha value is -1.85. The molecule has 0 saturated carbocycles. The Morgan fingerprint density at radius 3 is 2.61 bits per heavy atom. The summed E-state index contributed by atoms with van der Waals surface area (Å²) in [6, 6.07) is 10.7. The molecule has 2 saturated heterocycles. The largest absolute Gasteiger partial charge is 0.342 e. The molecular formula is C22H31ClN4O. The van der Waals surface area contributed by atoms with Crippen molar-refractivity contribution in [3.8, 4) is 0 Å². The second-order valence-corrected chi connectivity index (χ2v) is 8.11. The summed E-state index contributed by atoms with van der Waals surface area (Å²) in [6.07, 6.45) is 8.61. The molecule has 5 nitrogen and oxygen atoms in total. The van der Waals surface area contributed by atoms with Gasteiger partial charge in [0.15, 0.2) is 0 Å². The summed E-state index contributed by atoms with van der Waals surface area (Å²) in [5, 5.41) is 7.70. The van der Waals surface area contributed by atoms with Crippen molar-refractivity contribution in [2.75, 3.05) is 26.2 Å². The van der Waals surface area contributed by atoms with Crippen LogP contribution in [-0.2, 0) is 18.3 Å². The summed E-state index contributed by atoms with van der Waals surface area (Å²) in [6.45, 7) is 3.48. The van der Waals surface area contributed by atoms with Crippen LogP contribution in [0.1, 0.15) is 36.3 Å². The van der Waals surface area contributed by atoms with Gasteiger partial charge in [-0.15, -0.1) is 12.4 Å². The predicted molar refractivity (Wildman–Crippen MR) is 114 cm³/mol. The van der Waals surface area contributed by atoms with Crippen molar-refractivity contribution < 1.29 is 4.79 Å². The molecule has 2 aromatic rings. The number of rotatable bonds is 5. The first-order valence-electron chi connectivity index (χ1n) is 10.2. The maximum atomic E-state index is 13.1. The van der Waals surface area contributed by atoms with Gasteiger partial charge < -0.3 is 10.2 Å². The Labute approximate surface area is 173 Å². The van der Waals surface area contributed by atoms with Gasteiger partial charge in [0.25, 0.3) is 0 Å². The van der Waals surface area contributed by atoms with E-state index in [0.29, 0.717) is 5.91 Å². The van der Waals surface area contributed by atoms with Gasteiger partial charge in [0, 0.05) is 45.3 Å². The predicted octanol–water partition coefficient (Wildman–Crippen LogP) is 3.02. The first-order valence-corrected chi connectivity index (χ1v) is 10.2. The highest BCUT2D eigenvalue weighted by molar-refractivity contribution is 5.85. The number of likely N-dealkylation sites (tertiary alicyclic amines) is 1. The highest BCUT2D eigenvalue weighted by atomic mass is 35.5. The van der Waals surface area contributed by atoms with Crippen LogP contribution < -0.4 is 5.32 Å². The number of halogens is 1. The van der Waals surface area contributed by atoms with Gasteiger partial charge >= 0.3 is 0 Å². The van der Waals surface area contributed by atoms with Crippen LogP contribution in [0.4, 0.5) is 0 Å². The molecule has 3 heterocycles. The van der Waals surface area contributed by atoms with Gasteiger partial charge in [-0.25, -0.2) is 0 Å². The molecule has 0 unspecified atom stereocenters. The zero-order valence-electron chi connectivity index (χ0n) is 16.6. The number of benzene rings is 1. The molecule has 2 aliphatic rings. The van der Waals surface area contributed by atoms with E-state index in [9.17, 15) is 4.79 Å². The summed E-state index contributed by atoms with van der Waals surface area (Å²) < 4.78 is 1.83. The van der Waals surface area contributed by atoms with Crippen molar-refractivity contribution in [3.63, 3.8) is 0 Å². The van der Waals surface area contributed by atoms with E-state index in [1.54, 1.807) is 0 Å². The molecule has 28 heavy (non-hydrogen) atoms. The normalized spacial score (nSPS) is 22.8. The van der Waals surface area contributed by atoms with Crippen molar-refractivity contribution in [1.29, 1.82) is 0 Å². The maximum absolute atomic E-state index is 13.1. The van der Waals surface area contributed by atoms with Gasteiger partial charge in [0.1, 0.15) is 0 Å². The van der Waals surface area contributed by atoms with Gasteiger partial charge in [0.2, 0.25) is 5.91 Å². The number of piperidine rings is 1. The van der Waals surface area contributed by atoms with Crippen molar-refractivity contribution in [3.05, 3.63) is 53.9 Å². The lowest BCUT2D eigenvalue weighted by atomic mass is 9.87. The van der Waals surface area contributed by atoms with Crippen molar-refractivity contribution >= 4 is 18.3 Å². The zero-order chi connectivity index (χ0) is 18.6. The number of nitrogens with zero attached hydrogens (tertiary/aromatic N) is 3. The van der Waals surface area contributed by atoms with Crippen LogP contribution in [-0.4, -0.2) is 46.8 Å². The van der Waals surface area contributed by atoms with Crippen LogP contribution in [0.5, 0.6) is 0 Å². The lowest BCUT2D eigenvalue weighted by molar-refractivity contribution is -0.136. The Kier molecular flexibility index (Phi) is 7.13. The highest BCUT2D eigenvalue weighted by Gasteiger charge is 2.37. The number of carbonyl (C=O) groups is 1. The van der Waals surface area contributed by atoms with E-state index in [1.807, 2.05) is 24.1 Å². The van der Waals surface area contributed by atoms with Gasteiger partial charge in [-0.2, -0.15) is 5.10 Å².